The third-order valence-corrected chi connectivity index (χ3v) is 8.78. The molecule has 3 heterocycles. The van der Waals surface area contributed by atoms with Crippen molar-refractivity contribution < 1.29 is 4.74 Å². The van der Waals surface area contributed by atoms with E-state index in [0.717, 1.165) is 55.5 Å². The van der Waals surface area contributed by atoms with Crippen LogP contribution in [0.3, 0.4) is 0 Å². The predicted molar refractivity (Wildman–Crippen MR) is 155 cm³/mol. The maximum Gasteiger partial charge on any atom is 0.0725 e. The first-order valence-corrected chi connectivity index (χ1v) is 15.2. The van der Waals surface area contributed by atoms with Crippen LogP contribution in [0.15, 0.2) is 0 Å². The number of ether oxygens (including phenoxy) is 1. The molecule has 0 aliphatic carbocycles. The summed E-state index contributed by atoms with van der Waals surface area (Å²) in [4.78, 5) is 7.68. The van der Waals surface area contributed by atoms with Crippen LogP contribution in [-0.2, 0) is 4.74 Å². The number of likely N-dealkylation sites (tertiary alicyclic amines) is 2. The summed E-state index contributed by atoms with van der Waals surface area (Å²) >= 11 is 0. The number of rotatable bonds is 6. The fourth-order valence-electron chi connectivity index (χ4n) is 5.50. The minimum Gasteiger partial charge on any atom is -0.375 e. The first-order chi connectivity index (χ1) is 16.3. The van der Waals surface area contributed by atoms with Crippen molar-refractivity contribution in [3.05, 3.63) is 0 Å². The van der Waals surface area contributed by atoms with Gasteiger partial charge < -0.3 is 14.5 Å². The second-order valence-corrected chi connectivity index (χ2v) is 13.3. The molecule has 0 aromatic rings. The molecule has 3 aliphatic heterocycles. The molecule has 35 heavy (non-hydrogen) atoms. The first kappa shape index (κ1) is 32.9. The lowest BCUT2D eigenvalue weighted by atomic mass is 9.86. The molecule has 0 bridgehead atoms. The number of piperidine rings is 1. The zero-order valence-corrected chi connectivity index (χ0v) is 26.0. The Morgan fingerprint density at radius 1 is 0.486 bits per heavy atom. The van der Waals surface area contributed by atoms with Crippen LogP contribution in [0.25, 0.3) is 0 Å². The maximum absolute atomic E-state index is 5.68. The van der Waals surface area contributed by atoms with Gasteiger partial charge in [0.2, 0.25) is 0 Å². The highest BCUT2D eigenvalue weighted by molar-refractivity contribution is 4.79. The highest BCUT2D eigenvalue weighted by Crippen LogP contribution is 2.25. The Morgan fingerprint density at radius 3 is 1.29 bits per heavy atom. The van der Waals surface area contributed by atoms with Gasteiger partial charge in [-0.2, -0.15) is 0 Å². The molecule has 2 unspecified atom stereocenters. The van der Waals surface area contributed by atoms with Crippen LogP contribution in [0.1, 0.15) is 102 Å². The van der Waals surface area contributed by atoms with Gasteiger partial charge in [0.25, 0.3) is 0 Å². The summed E-state index contributed by atoms with van der Waals surface area (Å²) in [5.74, 6) is 4.35. The summed E-state index contributed by atoms with van der Waals surface area (Å²) < 4.78 is 5.68. The van der Waals surface area contributed by atoms with Crippen LogP contribution < -0.4 is 0 Å². The largest absolute Gasteiger partial charge is 0.375 e. The average molecular weight is 496 g/mol. The Hall–Kier alpha value is -0.160. The highest BCUT2D eigenvalue weighted by atomic mass is 16.5. The molecule has 0 saturated carbocycles. The van der Waals surface area contributed by atoms with Crippen LogP contribution in [0.5, 0.6) is 0 Å². The standard InChI is InChI=1S/C11H23N.C10H21NO.C10H21N/c1-9(2)11-5-7-12(8-6-11)10(3)4;1-8(2)10-7-11(9(3)4)5-6-12-10;1-8(2)10-5-6-11(7-10)9(3)4/h9-11H,5-8H2,1-4H3;8-10H,5-7H2,1-4H3;8-10H,5-7H2,1-4H3. The zero-order valence-electron chi connectivity index (χ0n) is 26.0. The van der Waals surface area contributed by atoms with Crippen molar-refractivity contribution in [3.63, 3.8) is 0 Å². The second kappa shape index (κ2) is 16.6. The van der Waals surface area contributed by atoms with Crippen LogP contribution in [0.4, 0.5) is 0 Å². The van der Waals surface area contributed by atoms with Crippen molar-refractivity contribution in [2.75, 3.05) is 45.9 Å². The van der Waals surface area contributed by atoms with E-state index in [2.05, 4.69) is 97.8 Å². The van der Waals surface area contributed by atoms with E-state index in [1.807, 2.05) is 0 Å². The summed E-state index contributed by atoms with van der Waals surface area (Å²) in [6.07, 6.45) is 4.68. The summed E-state index contributed by atoms with van der Waals surface area (Å²) in [7, 11) is 0. The summed E-state index contributed by atoms with van der Waals surface area (Å²) in [6, 6.07) is 2.16. The van der Waals surface area contributed by atoms with Gasteiger partial charge in [0.05, 0.1) is 12.7 Å². The average Bonchev–Trinajstić information content (AvgIpc) is 3.31. The Morgan fingerprint density at radius 2 is 0.914 bits per heavy atom. The third kappa shape index (κ3) is 12.3. The van der Waals surface area contributed by atoms with E-state index in [0.29, 0.717) is 18.1 Å². The van der Waals surface area contributed by atoms with Gasteiger partial charge in [-0.25, -0.2) is 0 Å². The molecule has 0 aromatic heterocycles. The van der Waals surface area contributed by atoms with Crippen LogP contribution in [0.2, 0.25) is 0 Å². The van der Waals surface area contributed by atoms with Crippen LogP contribution >= 0.6 is 0 Å². The lowest BCUT2D eigenvalue weighted by molar-refractivity contribution is -0.0591. The molecular formula is C31H65N3O. The minimum atomic E-state index is 0.446. The molecular weight excluding hydrogens is 430 g/mol. The molecule has 4 nitrogen and oxygen atoms in total. The summed E-state index contributed by atoms with van der Waals surface area (Å²) in [6.45, 7) is 36.0. The molecule has 3 aliphatic rings. The smallest absolute Gasteiger partial charge is 0.0725 e. The fraction of sp³-hybridized carbons (Fsp3) is 1.00. The van der Waals surface area contributed by atoms with E-state index in [-0.39, 0.29) is 0 Å². The van der Waals surface area contributed by atoms with Crippen LogP contribution in [-0.4, -0.2) is 84.8 Å². The Kier molecular flexibility index (Phi) is 15.6. The van der Waals surface area contributed by atoms with E-state index in [9.17, 15) is 0 Å². The van der Waals surface area contributed by atoms with Gasteiger partial charge >= 0.3 is 0 Å². The number of nitrogens with zero attached hydrogens (tertiary/aromatic N) is 3. The molecule has 0 spiro atoms. The fourth-order valence-corrected chi connectivity index (χ4v) is 5.50. The number of hydrogen-bond donors (Lipinski definition) is 0. The molecule has 3 fully saturated rings. The molecule has 4 heteroatoms. The van der Waals surface area contributed by atoms with Gasteiger partial charge in [-0.3, -0.25) is 4.90 Å². The quantitative estimate of drug-likeness (QED) is 0.399. The van der Waals surface area contributed by atoms with Crippen molar-refractivity contribution in [2.45, 2.75) is 127 Å². The normalized spacial score (nSPS) is 25.5. The third-order valence-electron chi connectivity index (χ3n) is 8.78. The SMILES string of the molecule is CC(C)C1CCN(C(C)C)C1.CC(C)C1CCN(C(C)C)CC1.CC(C)C1CN(C(C)C)CCO1. The molecule has 0 amide bonds. The van der Waals surface area contributed by atoms with E-state index < -0.39 is 0 Å². The van der Waals surface area contributed by atoms with Crippen molar-refractivity contribution in [1.82, 2.24) is 14.7 Å². The van der Waals surface area contributed by atoms with E-state index >= 15 is 0 Å². The Balaban J connectivity index is 0.000000263. The topological polar surface area (TPSA) is 19.0 Å². The molecule has 0 radical (unpaired) electrons. The lowest BCUT2D eigenvalue weighted by Gasteiger charge is -2.37. The van der Waals surface area contributed by atoms with E-state index in [4.69, 9.17) is 4.74 Å². The first-order valence-electron chi connectivity index (χ1n) is 15.2. The predicted octanol–water partition coefficient (Wildman–Crippen LogP) is 6.89. The second-order valence-electron chi connectivity index (χ2n) is 13.3. The van der Waals surface area contributed by atoms with E-state index in [1.54, 1.807) is 0 Å². The number of hydrogen-bond acceptors (Lipinski definition) is 4. The molecule has 3 saturated heterocycles. The minimum absolute atomic E-state index is 0.446. The van der Waals surface area contributed by atoms with Crippen molar-refractivity contribution >= 4 is 0 Å². The molecule has 0 N–H and O–H groups in total. The molecule has 3 rings (SSSR count). The highest BCUT2D eigenvalue weighted by Gasteiger charge is 2.26. The molecule has 0 aromatic carbocycles. The summed E-state index contributed by atoms with van der Waals surface area (Å²) in [5.41, 5.74) is 0. The van der Waals surface area contributed by atoms with Gasteiger partial charge in [0.1, 0.15) is 0 Å². The number of morpholine rings is 1. The van der Waals surface area contributed by atoms with Crippen LogP contribution in [0, 0.1) is 29.6 Å². The van der Waals surface area contributed by atoms with Crippen molar-refractivity contribution in [2.24, 2.45) is 29.6 Å². The van der Waals surface area contributed by atoms with Gasteiger partial charge in [-0.05, 0) is 110 Å². The Bertz CT molecular complexity index is 479. The summed E-state index contributed by atoms with van der Waals surface area (Å²) in [5, 5.41) is 0. The van der Waals surface area contributed by atoms with Gasteiger partial charge in [0, 0.05) is 37.8 Å². The van der Waals surface area contributed by atoms with Crippen molar-refractivity contribution in [1.29, 1.82) is 0 Å². The Labute approximate surface area is 221 Å². The van der Waals surface area contributed by atoms with E-state index in [1.165, 1.54) is 45.4 Å². The monoisotopic (exact) mass is 496 g/mol. The van der Waals surface area contributed by atoms with Gasteiger partial charge in [-0.15, -0.1) is 0 Å². The van der Waals surface area contributed by atoms with Gasteiger partial charge in [-0.1, -0.05) is 41.5 Å². The maximum atomic E-state index is 5.68. The molecule has 2 atom stereocenters. The van der Waals surface area contributed by atoms with Crippen molar-refractivity contribution in [3.8, 4) is 0 Å². The molecule has 210 valence electrons. The lowest BCUT2D eigenvalue weighted by Crippen LogP contribution is -2.47. The van der Waals surface area contributed by atoms with Gasteiger partial charge in [0.15, 0.2) is 0 Å². The zero-order chi connectivity index (χ0) is 26.7.